The molecule has 0 spiro atoms. The summed E-state index contributed by atoms with van der Waals surface area (Å²) in [6, 6.07) is -24.8. The highest BCUT2D eigenvalue weighted by Gasteiger charge is 2.34. The van der Waals surface area contributed by atoms with Crippen LogP contribution in [0.25, 0.3) is 77.0 Å². The summed E-state index contributed by atoms with van der Waals surface area (Å²) >= 11 is 0. The van der Waals surface area contributed by atoms with E-state index in [2.05, 4.69) is 0 Å². The van der Waals surface area contributed by atoms with Crippen molar-refractivity contribution in [2.45, 2.75) is 5.92 Å². The Labute approximate surface area is 323 Å². The number of furan rings is 1. The van der Waals surface area contributed by atoms with Crippen molar-refractivity contribution in [3.63, 3.8) is 0 Å². The molecule has 0 fully saturated rings. The fourth-order valence-electron chi connectivity index (χ4n) is 6.94. The molecule has 49 heavy (non-hydrogen) atoms. The van der Waals surface area contributed by atoms with E-state index in [1.165, 1.54) is 0 Å². The van der Waals surface area contributed by atoms with Crippen LogP contribution in [0.4, 0.5) is 0 Å². The van der Waals surface area contributed by atoms with Gasteiger partial charge in [0, 0.05) is 28.0 Å². The van der Waals surface area contributed by atoms with Gasteiger partial charge in [0.2, 0.25) is 0 Å². The Morgan fingerprint density at radius 2 is 1.12 bits per heavy atom. The summed E-state index contributed by atoms with van der Waals surface area (Å²) < 4.78 is 262. The molecule has 1 nitrogen and oxygen atoms in total. The maximum Gasteiger partial charge on any atom is 0.143 e. The van der Waals surface area contributed by atoms with E-state index >= 15 is 0 Å². The Morgan fingerprint density at radius 3 is 1.92 bits per heavy atom. The van der Waals surface area contributed by atoms with E-state index in [1.807, 2.05) is 0 Å². The molecule has 0 aliphatic heterocycles. The lowest BCUT2D eigenvalue weighted by Gasteiger charge is -2.35. The Balaban J connectivity index is 1.46. The molecule has 0 N–H and O–H groups in total. The van der Waals surface area contributed by atoms with Gasteiger partial charge in [-0.3, -0.25) is 0 Å². The van der Waals surface area contributed by atoms with Crippen LogP contribution in [0.15, 0.2) is 168 Å². The first-order chi connectivity index (χ1) is 36.0. The molecule has 1 heteroatoms. The van der Waals surface area contributed by atoms with E-state index in [0.717, 1.165) is 0 Å². The van der Waals surface area contributed by atoms with E-state index in [1.54, 1.807) is 0 Å². The Morgan fingerprint density at radius 1 is 0.490 bits per heavy atom. The second kappa shape index (κ2) is 10.2. The SMILES string of the molecule is [2H]C1=C([2H])C2C([2H])=C(c3c4c([2H])c([2H])c([2H])c([2H])c4c(-c4c([2H])c([2H])c([2H])c5oc6c7c([2H])c([2H])c([2H])c([2H])c7c([2H])c([2H])c6c45)c4c([2H])c([2H])c([2H])c([2H])c34)c3c([2H])c([2H])c([2H])c([2H])c3C2c2c([2H])c([2H])c([2H])c([2H])c21. The van der Waals surface area contributed by atoms with E-state index < -0.39 is 280 Å². The van der Waals surface area contributed by atoms with Gasteiger partial charge in [-0.2, -0.15) is 0 Å². The molecule has 0 amide bonds. The molecule has 228 valence electrons. The molecule has 0 saturated carbocycles. The van der Waals surface area contributed by atoms with Crippen molar-refractivity contribution >= 4 is 65.9 Å². The summed E-state index contributed by atoms with van der Waals surface area (Å²) in [7, 11) is 0. The van der Waals surface area contributed by atoms with Crippen molar-refractivity contribution in [1.82, 2.24) is 0 Å². The van der Waals surface area contributed by atoms with Crippen LogP contribution in [-0.2, 0) is 0 Å². The lowest BCUT2D eigenvalue weighted by atomic mass is 9.68. The molecular weight excluding hydrogens is 593 g/mol. The van der Waals surface area contributed by atoms with E-state index in [4.69, 9.17) is 29.1 Å². The monoisotopic (exact) mass is 650 g/mol. The van der Waals surface area contributed by atoms with Gasteiger partial charge in [0.15, 0.2) is 0 Å². The number of hydrogen-bond acceptors (Lipinski definition) is 1. The fourth-order valence-corrected chi connectivity index (χ4v) is 6.94. The Bertz CT molecular complexity index is 4410. The van der Waals surface area contributed by atoms with Crippen molar-refractivity contribution in [2.24, 2.45) is 5.92 Å². The minimum atomic E-state index is -1.90. The molecule has 11 rings (SSSR count). The van der Waals surface area contributed by atoms with Gasteiger partial charge in [-0.1, -0.05) is 157 Å². The molecule has 1 aromatic heterocycles. The van der Waals surface area contributed by atoms with Gasteiger partial charge in [-0.05, 0) is 83.5 Å². The fraction of sp³-hybridized carbons (Fsp3) is 0.0417. The smallest absolute Gasteiger partial charge is 0.143 e. The molecule has 2 aliphatic carbocycles. The summed E-state index contributed by atoms with van der Waals surface area (Å²) in [5.74, 6) is -3.65. The van der Waals surface area contributed by atoms with Gasteiger partial charge in [0.05, 0.1) is 38.4 Å². The van der Waals surface area contributed by atoms with E-state index in [9.17, 15) is 13.7 Å². The zero-order valence-corrected chi connectivity index (χ0v) is 24.6. The maximum atomic E-state index is 10.2. The zero-order chi connectivity index (χ0) is 56.4. The van der Waals surface area contributed by atoms with Gasteiger partial charge in [0.1, 0.15) is 11.2 Å². The highest BCUT2D eigenvalue weighted by Crippen LogP contribution is 2.52. The number of allylic oxidation sites excluding steroid dienone is 2. The number of benzene rings is 8. The first-order valence-electron chi connectivity index (χ1n) is 28.9. The third-order valence-corrected chi connectivity index (χ3v) is 8.91. The second-order valence-corrected chi connectivity index (χ2v) is 11.3. The first kappa shape index (κ1) is 11.5. The number of fused-ring (bicyclic) bond motifs is 12. The molecule has 0 radical (unpaired) electrons. The van der Waals surface area contributed by atoms with Crippen LogP contribution in [0.2, 0.25) is 0 Å². The van der Waals surface area contributed by atoms with Crippen LogP contribution >= 0.6 is 0 Å². The van der Waals surface area contributed by atoms with Crippen LogP contribution < -0.4 is 0 Å². The third kappa shape index (κ3) is 3.76. The molecule has 8 aromatic carbocycles. The normalized spacial score (nSPS) is 25.2. The van der Waals surface area contributed by atoms with Crippen molar-refractivity contribution in [2.75, 3.05) is 0 Å². The molecule has 1 heterocycles. The van der Waals surface area contributed by atoms with Crippen molar-refractivity contribution in [3.8, 4) is 11.1 Å². The maximum absolute atomic E-state index is 10.2. The molecule has 0 saturated heterocycles. The third-order valence-electron chi connectivity index (χ3n) is 8.91. The average molecular weight is 651 g/mol. The van der Waals surface area contributed by atoms with Crippen LogP contribution in [0.3, 0.4) is 0 Å². The molecule has 9 aromatic rings. The minimum Gasteiger partial charge on any atom is -0.455 e. The first-order valence-corrected chi connectivity index (χ1v) is 14.9. The molecule has 0 bridgehead atoms. The topological polar surface area (TPSA) is 13.1 Å². The number of rotatable bonds is 2. The van der Waals surface area contributed by atoms with Crippen molar-refractivity contribution in [1.29, 1.82) is 0 Å². The summed E-state index contributed by atoms with van der Waals surface area (Å²) in [4.78, 5) is 0. The van der Waals surface area contributed by atoms with Crippen LogP contribution in [0.5, 0.6) is 0 Å². The Hall–Kier alpha value is -6.18. The minimum absolute atomic E-state index is 0.415. The van der Waals surface area contributed by atoms with Crippen LogP contribution in [0, 0.1) is 5.92 Å². The molecule has 2 aliphatic rings. The molecule has 2 unspecified atom stereocenters. The van der Waals surface area contributed by atoms with E-state index in [-0.39, 0.29) is 0 Å². The molecular formula is C48H30O. The van der Waals surface area contributed by atoms with Gasteiger partial charge >= 0.3 is 0 Å². The van der Waals surface area contributed by atoms with Crippen LogP contribution in [0.1, 0.15) is 72.1 Å². The lowest BCUT2D eigenvalue weighted by Crippen LogP contribution is -2.20. The summed E-state index contributed by atoms with van der Waals surface area (Å²) in [6.07, 6.45) is 0. The average Bonchev–Trinajstić information content (AvgIpc) is 3.80. The lowest BCUT2D eigenvalue weighted by molar-refractivity contribution is 0.668. The van der Waals surface area contributed by atoms with Gasteiger partial charge in [-0.25, -0.2) is 0 Å². The van der Waals surface area contributed by atoms with Crippen molar-refractivity contribution in [3.05, 3.63) is 191 Å². The van der Waals surface area contributed by atoms with Gasteiger partial charge in [-0.15, -0.1) is 0 Å². The highest BCUT2D eigenvalue weighted by atomic mass is 16.3. The summed E-state index contributed by atoms with van der Waals surface area (Å²) in [6.45, 7) is 0. The predicted molar refractivity (Wildman–Crippen MR) is 206 cm³/mol. The second-order valence-electron chi connectivity index (χ2n) is 11.3. The summed E-state index contributed by atoms with van der Waals surface area (Å²) in [5.41, 5.74) is -6.09. The Kier molecular flexibility index (Phi) is 2.38. The predicted octanol–water partition coefficient (Wildman–Crippen LogP) is 12.9. The highest BCUT2D eigenvalue weighted by molar-refractivity contribution is 6.26. The standard InChI is InChI=1S/C48H30O/c1-3-14-32-29(12-1)24-25-31-28-42(34-16-5-6-17-35(34)44(31)32)46-38-20-9-7-18-36(38)45(37-19-8-10-21-39(37)46)40-22-11-23-43-47(40)41-27-26-30-13-2-4-15-33(30)48(41)49-43/h1-28,31,44H/i1D,2D,3D,4D,5D,6D,7D,8D,9D,10D,11D,12D,13D,14D,15D,16D,17D,18D,19D,20D,21D,22D,23D,24D,25D,26D,27D,28D. The number of hydrogen-bond donors (Lipinski definition) is 0. The molecule has 2 atom stereocenters. The zero-order valence-electron chi connectivity index (χ0n) is 52.6. The quantitative estimate of drug-likeness (QED) is 0.170. The van der Waals surface area contributed by atoms with E-state index in [0.29, 0.717) is 0 Å². The largest absolute Gasteiger partial charge is 0.455 e. The van der Waals surface area contributed by atoms with Gasteiger partial charge in [0.25, 0.3) is 0 Å². The van der Waals surface area contributed by atoms with Crippen LogP contribution in [-0.4, -0.2) is 0 Å². The van der Waals surface area contributed by atoms with Gasteiger partial charge < -0.3 is 4.42 Å². The summed E-state index contributed by atoms with van der Waals surface area (Å²) in [5, 5.41) is -4.95. The van der Waals surface area contributed by atoms with Crippen molar-refractivity contribution < 1.29 is 42.8 Å².